The quantitative estimate of drug-likeness (QED) is 0.874. The minimum Gasteiger partial charge on any atom is -0.497 e. The first kappa shape index (κ1) is 13.9. The van der Waals surface area contributed by atoms with Gasteiger partial charge in [-0.3, -0.25) is 9.78 Å². The second-order valence-corrected chi connectivity index (χ2v) is 4.16. The zero-order chi connectivity index (χ0) is 14.4. The molecule has 1 unspecified atom stereocenters. The maximum absolute atomic E-state index is 11.3. The summed E-state index contributed by atoms with van der Waals surface area (Å²) in [6.07, 6.45) is 3.14. The number of rotatable bonds is 6. The van der Waals surface area contributed by atoms with Gasteiger partial charge in [-0.25, -0.2) is 0 Å². The molecule has 1 N–H and O–H groups in total. The molecule has 0 radical (unpaired) electrons. The zero-order valence-electron chi connectivity index (χ0n) is 11.0. The van der Waals surface area contributed by atoms with Crippen molar-refractivity contribution in [2.24, 2.45) is 0 Å². The van der Waals surface area contributed by atoms with Crippen LogP contribution in [0, 0.1) is 0 Å². The van der Waals surface area contributed by atoms with Crippen LogP contribution in [0.25, 0.3) is 0 Å². The Morgan fingerprint density at radius 1 is 1.15 bits per heavy atom. The Morgan fingerprint density at radius 3 is 2.30 bits per heavy atom. The maximum Gasteiger partial charge on any atom is 0.314 e. The molecule has 0 saturated carbocycles. The summed E-state index contributed by atoms with van der Waals surface area (Å²) in [5, 5.41) is 9.27. The molecule has 0 spiro atoms. The van der Waals surface area contributed by atoms with Gasteiger partial charge in [-0.05, 0) is 42.0 Å². The van der Waals surface area contributed by atoms with Crippen molar-refractivity contribution in [3.05, 3.63) is 54.4 Å². The Labute approximate surface area is 116 Å². The van der Waals surface area contributed by atoms with Gasteiger partial charge in [-0.2, -0.15) is 0 Å². The molecule has 1 aromatic heterocycles. The number of hydrogen-bond acceptors (Lipinski definition) is 4. The highest BCUT2D eigenvalue weighted by atomic mass is 16.5. The predicted molar refractivity (Wildman–Crippen MR) is 73.1 cm³/mol. The third-order valence-corrected chi connectivity index (χ3v) is 2.88. The van der Waals surface area contributed by atoms with Crippen LogP contribution < -0.4 is 9.47 Å². The van der Waals surface area contributed by atoms with E-state index in [-0.39, 0.29) is 6.61 Å². The summed E-state index contributed by atoms with van der Waals surface area (Å²) in [6.45, 7) is 0.0612. The number of carboxylic acid groups (broad SMARTS) is 1. The number of aliphatic carboxylic acids is 1. The van der Waals surface area contributed by atoms with Gasteiger partial charge >= 0.3 is 5.97 Å². The van der Waals surface area contributed by atoms with Gasteiger partial charge < -0.3 is 14.6 Å². The van der Waals surface area contributed by atoms with E-state index in [1.54, 1.807) is 55.9 Å². The van der Waals surface area contributed by atoms with E-state index in [0.29, 0.717) is 11.3 Å². The Kier molecular flexibility index (Phi) is 4.55. The standard InChI is InChI=1S/C15H15NO4/c1-19-12-2-4-13(5-3-12)20-10-14(15(17)18)11-6-8-16-9-7-11/h2-9,14H,10H2,1H3,(H,17,18). The number of benzene rings is 1. The molecule has 104 valence electrons. The van der Waals surface area contributed by atoms with E-state index < -0.39 is 11.9 Å². The van der Waals surface area contributed by atoms with Crippen LogP contribution >= 0.6 is 0 Å². The first-order valence-electron chi connectivity index (χ1n) is 6.10. The number of hydrogen-bond donors (Lipinski definition) is 1. The lowest BCUT2D eigenvalue weighted by Gasteiger charge is -2.14. The van der Waals surface area contributed by atoms with Crippen LogP contribution in [0.1, 0.15) is 11.5 Å². The zero-order valence-corrected chi connectivity index (χ0v) is 11.0. The largest absolute Gasteiger partial charge is 0.497 e. The van der Waals surface area contributed by atoms with Crippen LogP contribution in [0.5, 0.6) is 11.5 Å². The van der Waals surface area contributed by atoms with Gasteiger partial charge in [0.1, 0.15) is 24.0 Å². The van der Waals surface area contributed by atoms with Gasteiger partial charge in [0, 0.05) is 12.4 Å². The summed E-state index contributed by atoms with van der Waals surface area (Å²) in [6, 6.07) is 10.4. The van der Waals surface area contributed by atoms with Crippen LogP contribution in [-0.2, 0) is 4.79 Å². The minimum atomic E-state index is -0.926. The third kappa shape index (κ3) is 3.47. The molecule has 5 nitrogen and oxygen atoms in total. The lowest BCUT2D eigenvalue weighted by molar-refractivity contribution is -0.139. The van der Waals surface area contributed by atoms with Crippen molar-refractivity contribution in [2.45, 2.75) is 5.92 Å². The van der Waals surface area contributed by atoms with Crippen LogP contribution in [0.2, 0.25) is 0 Å². The number of ether oxygens (including phenoxy) is 2. The van der Waals surface area contributed by atoms with Crippen LogP contribution in [0.3, 0.4) is 0 Å². The second kappa shape index (κ2) is 6.56. The van der Waals surface area contributed by atoms with Crippen molar-refractivity contribution in [1.29, 1.82) is 0 Å². The van der Waals surface area contributed by atoms with E-state index in [2.05, 4.69) is 4.98 Å². The van der Waals surface area contributed by atoms with Crippen molar-refractivity contribution in [3.63, 3.8) is 0 Å². The number of nitrogens with zero attached hydrogens (tertiary/aromatic N) is 1. The fraction of sp³-hybridized carbons (Fsp3) is 0.200. The number of methoxy groups -OCH3 is 1. The fourth-order valence-corrected chi connectivity index (χ4v) is 1.76. The molecule has 1 aromatic carbocycles. The van der Waals surface area contributed by atoms with E-state index >= 15 is 0 Å². The molecule has 5 heteroatoms. The maximum atomic E-state index is 11.3. The van der Waals surface area contributed by atoms with Crippen LogP contribution in [0.15, 0.2) is 48.8 Å². The molecule has 20 heavy (non-hydrogen) atoms. The molecular formula is C15H15NO4. The van der Waals surface area contributed by atoms with E-state index in [1.807, 2.05) is 0 Å². The molecule has 1 atom stereocenters. The summed E-state index contributed by atoms with van der Waals surface area (Å²) in [5.41, 5.74) is 0.668. The molecule has 2 rings (SSSR count). The Morgan fingerprint density at radius 2 is 1.75 bits per heavy atom. The molecule has 0 aliphatic rings. The van der Waals surface area contributed by atoms with Gasteiger partial charge in [0.25, 0.3) is 0 Å². The van der Waals surface area contributed by atoms with Crippen molar-refractivity contribution < 1.29 is 19.4 Å². The van der Waals surface area contributed by atoms with E-state index in [9.17, 15) is 9.90 Å². The third-order valence-electron chi connectivity index (χ3n) is 2.88. The summed E-state index contributed by atoms with van der Waals surface area (Å²) < 4.78 is 10.6. The van der Waals surface area contributed by atoms with Crippen molar-refractivity contribution in [3.8, 4) is 11.5 Å². The second-order valence-electron chi connectivity index (χ2n) is 4.16. The Hall–Kier alpha value is -2.56. The SMILES string of the molecule is COc1ccc(OCC(C(=O)O)c2ccncc2)cc1. The number of pyridine rings is 1. The molecule has 0 fully saturated rings. The highest BCUT2D eigenvalue weighted by Gasteiger charge is 2.20. The molecule has 2 aromatic rings. The van der Waals surface area contributed by atoms with Crippen LogP contribution in [0.4, 0.5) is 0 Å². The van der Waals surface area contributed by atoms with E-state index in [1.165, 1.54) is 0 Å². The highest BCUT2D eigenvalue weighted by molar-refractivity contribution is 5.76. The van der Waals surface area contributed by atoms with Crippen LogP contribution in [-0.4, -0.2) is 29.8 Å². The molecule has 0 saturated heterocycles. The molecule has 0 aliphatic carbocycles. The van der Waals surface area contributed by atoms with Gasteiger partial charge in [0.2, 0.25) is 0 Å². The topological polar surface area (TPSA) is 68.7 Å². The van der Waals surface area contributed by atoms with Gasteiger partial charge in [0.15, 0.2) is 0 Å². The normalized spacial score (nSPS) is 11.7. The summed E-state index contributed by atoms with van der Waals surface area (Å²) in [7, 11) is 1.58. The van der Waals surface area contributed by atoms with Gasteiger partial charge in [-0.15, -0.1) is 0 Å². The fourth-order valence-electron chi connectivity index (χ4n) is 1.76. The van der Waals surface area contributed by atoms with E-state index in [4.69, 9.17) is 9.47 Å². The first-order valence-corrected chi connectivity index (χ1v) is 6.10. The number of carbonyl (C=O) groups is 1. The molecule has 0 amide bonds. The highest BCUT2D eigenvalue weighted by Crippen LogP contribution is 2.20. The summed E-state index contributed by atoms with van der Waals surface area (Å²) >= 11 is 0. The molecule has 0 aliphatic heterocycles. The minimum absolute atomic E-state index is 0.0612. The summed E-state index contributed by atoms with van der Waals surface area (Å²) in [5.74, 6) is -0.322. The Balaban J connectivity index is 2.04. The lowest BCUT2D eigenvalue weighted by atomic mass is 10.0. The lowest BCUT2D eigenvalue weighted by Crippen LogP contribution is -2.19. The number of aromatic nitrogens is 1. The van der Waals surface area contributed by atoms with Gasteiger partial charge in [0.05, 0.1) is 7.11 Å². The van der Waals surface area contributed by atoms with E-state index in [0.717, 1.165) is 5.75 Å². The van der Waals surface area contributed by atoms with Crippen molar-refractivity contribution in [1.82, 2.24) is 4.98 Å². The monoisotopic (exact) mass is 273 g/mol. The predicted octanol–water partition coefficient (Wildman–Crippen LogP) is 2.34. The smallest absolute Gasteiger partial charge is 0.314 e. The summed E-state index contributed by atoms with van der Waals surface area (Å²) in [4.78, 5) is 15.2. The Bertz CT molecular complexity index is 554. The van der Waals surface area contributed by atoms with Crippen molar-refractivity contribution in [2.75, 3.05) is 13.7 Å². The molecule has 1 heterocycles. The molecular weight excluding hydrogens is 258 g/mol. The average Bonchev–Trinajstić information content (AvgIpc) is 2.49. The molecule has 0 bridgehead atoms. The first-order chi connectivity index (χ1) is 9.70. The average molecular weight is 273 g/mol. The number of carboxylic acids is 1. The van der Waals surface area contributed by atoms with Gasteiger partial charge in [-0.1, -0.05) is 0 Å². The van der Waals surface area contributed by atoms with Crippen molar-refractivity contribution >= 4 is 5.97 Å².